The third kappa shape index (κ3) is 2.49. The SMILES string of the molecule is CC(CN1CCCC1)n1c(N)nc2ccc(Br)cc21. The van der Waals surface area contributed by atoms with Crippen LogP contribution in [-0.2, 0) is 0 Å². The zero-order valence-corrected chi connectivity index (χ0v) is 12.7. The number of hydrogen-bond acceptors (Lipinski definition) is 3. The first-order valence-corrected chi connectivity index (χ1v) is 7.60. The van der Waals surface area contributed by atoms with Crippen LogP contribution in [0.3, 0.4) is 0 Å². The Bertz CT molecular complexity index is 586. The number of nitrogen functional groups attached to an aromatic ring is 1. The molecule has 1 aromatic carbocycles. The summed E-state index contributed by atoms with van der Waals surface area (Å²) in [6.07, 6.45) is 2.64. The second-order valence-electron chi connectivity index (χ2n) is 5.33. The van der Waals surface area contributed by atoms with Crippen LogP contribution < -0.4 is 5.73 Å². The summed E-state index contributed by atoms with van der Waals surface area (Å²) in [6.45, 7) is 5.68. The Morgan fingerprint density at radius 2 is 2.11 bits per heavy atom. The summed E-state index contributed by atoms with van der Waals surface area (Å²) in [6, 6.07) is 6.45. The summed E-state index contributed by atoms with van der Waals surface area (Å²) in [7, 11) is 0. The van der Waals surface area contributed by atoms with Crippen LogP contribution in [0.1, 0.15) is 25.8 Å². The predicted molar refractivity (Wildman–Crippen MR) is 82.2 cm³/mol. The Labute approximate surface area is 121 Å². The molecule has 0 spiro atoms. The molecule has 19 heavy (non-hydrogen) atoms. The monoisotopic (exact) mass is 322 g/mol. The van der Waals surface area contributed by atoms with Gasteiger partial charge >= 0.3 is 0 Å². The Morgan fingerprint density at radius 1 is 1.37 bits per heavy atom. The summed E-state index contributed by atoms with van der Waals surface area (Å²) < 4.78 is 3.22. The van der Waals surface area contributed by atoms with Gasteiger partial charge in [0.2, 0.25) is 5.95 Å². The van der Waals surface area contributed by atoms with E-state index < -0.39 is 0 Å². The van der Waals surface area contributed by atoms with Crippen molar-refractivity contribution in [1.29, 1.82) is 0 Å². The number of anilines is 1. The first kappa shape index (κ1) is 12.9. The molecule has 1 aliphatic heterocycles. The van der Waals surface area contributed by atoms with Gasteiger partial charge in [-0.1, -0.05) is 15.9 Å². The van der Waals surface area contributed by atoms with E-state index in [9.17, 15) is 0 Å². The molecule has 5 heteroatoms. The van der Waals surface area contributed by atoms with Crippen LogP contribution in [0.4, 0.5) is 5.95 Å². The molecule has 102 valence electrons. The summed E-state index contributed by atoms with van der Waals surface area (Å²) in [5.41, 5.74) is 8.17. The molecular weight excluding hydrogens is 304 g/mol. The van der Waals surface area contributed by atoms with E-state index in [4.69, 9.17) is 5.73 Å². The van der Waals surface area contributed by atoms with E-state index in [0.717, 1.165) is 22.1 Å². The zero-order valence-electron chi connectivity index (χ0n) is 11.1. The van der Waals surface area contributed by atoms with Crippen LogP contribution in [-0.4, -0.2) is 34.1 Å². The van der Waals surface area contributed by atoms with Crippen molar-refractivity contribution in [2.45, 2.75) is 25.8 Å². The van der Waals surface area contributed by atoms with Gasteiger partial charge in [0.05, 0.1) is 11.0 Å². The normalized spacial score (nSPS) is 18.2. The van der Waals surface area contributed by atoms with Crippen molar-refractivity contribution >= 4 is 32.9 Å². The lowest BCUT2D eigenvalue weighted by atomic mass is 10.2. The molecule has 4 nitrogen and oxygen atoms in total. The number of halogens is 1. The third-order valence-corrected chi connectivity index (χ3v) is 4.33. The molecule has 1 aliphatic rings. The first-order valence-electron chi connectivity index (χ1n) is 6.80. The predicted octanol–water partition coefficient (Wildman–Crippen LogP) is 3.04. The Kier molecular flexibility index (Phi) is 3.50. The number of aromatic nitrogens is 2. The third-order valence-electron chi connectivity index (χ3n) is 3.84. The maximum Gasteiger partial charge on any atom is 0.201 e. The van der Waals surface area contributed by atoms with Gasteiger partial charge in [-0.3, -0.25) is 0 Å². The number of imidazole rings is 1. The second-order valence-corrected chi connectivity index (χ2v) is 6.25. The van der Waals surface area contributed by atoms with Gasteiger partial charge in [-0.15, -0.1) is 0 Å². The summed E-state index contributed by atoms with van der Waals surface area (Å²) >= 11 is 3.52. The minimum absolute atomic E-state index is 0.345. The van der Waals surface area contributed by atoms with E-state index in [1.165, 1.54) is 25.9 Å². The minimum Gasteiger partial charge on any atom is -0.369 e. The van der Waals surface area contributed by atoms with Gasteiger partial charge < -0.3 is 15.2 Å². The van der Waals surface area contributed by atoms with E-state index >= 15 is 0 Å². The Hall–Kier alpha value is -1.07. The molecule has 0 saturated carbocycles. The molecule has 1 saturated heterocycles. The largest absolute Gasteiger partial charge is 0.369 e. The highest BCUT2D eigenvalue weighted by atomic mass is 79.9. The summed E-state index contributed by atoms with van der Waals surface area (Å²) in [5.74, 6) is 0.611. The molecule has 3 rings (SSSR count). The molecule has 1 fully saturated rings. The number of fused-ring (bicyclic) bond motifs is 1. The Balaban J connectivity index is 1.93. The fourth-order valence-corrected chi connectivity index (χ4v) is 3.32. The van der Waals surface area contributed by atoms with Gasteiger partial charge in [-0.25, -0.2) is 4.98 Å². The average molecular weight is 323 g/mol. The topological polar surface area (TPSA) is 47.1 Å². The van der Waals surface area contributed by atoms with Crippen LogP contribution >= 0.6 is 15.9 Å². The van der Waals surface area contributed by atoms with Crippen LogP contribution in [0.25, 0.3) is 11.0 Å². The lowest BCUT2D eigenvalue weighted by molar-refractivity contribution is 0.291. The Morgan fingerprint density at radius 3 is 2.84 bits per heavy atom. The molecule has 2 N–H and O–H groups in total. The van der Waals surface area contributed by atoms with Crippen molar-refractivity contribution in [3.63, 3.8) is 0 Å². The maximum atomic E-state index is 6.10. The standard InChI is InChI=1S/C14H19BrN4/c1-10(9-18-6-2-3-7-18)19-13-8-11(15)4-5-12(13)17-14(19)16/h4-5,8,10H,2-3,6-7,9H2,1H3,(H2,16,17). The quantitative estimate of drug-likeness (QED) is 0.944. The van der Waals surface area contributed by atoms with Crippen molar-refractivity contribution in [1.82, 2.24) is 14.5 Å². The van der Waals surface area contributed by atoms with E-state index in [1.54, 1.807) is 0 Å². The molecule has 1 atom stereocenters. The van der Waals surface area contributed by atoms with Gasteiger partial charge in [0.15, 0.2) is 0 Å². The van der Waals surface area contributed by atoms with E-state index in [1.807, 2.05) is 12.1 Å². The molecular formula is C14H19BrN4. The fourth-order valence-electron chi connectivity index (χ4n) is 2.97. The summed E-state index contributed by atoms with van der Waals surface area (Å²) in [5, 5.41) is 0. The molecule has 0 radical (unpaired) electrons. The smallest absolute Gasteiger partial charge is 0.201 e. The van der Waals surface area contributed by atoms with Crippen LogP contribution in [0, 0.1) is 0 Å². The molecule has 0 aliphatic carbocycles. The number of benzene rings is 1. The van der Waals surface area contributed by atoms with E-state index in [0.29, 0.717) is 12.0 Å². The minimum atomic E-state index is 0.345. The van der Waals surface area contributed by atoms with Gasteiger partial charge in [0, 0.05) is 17.1 Å². The second kappa shape index (κ2) is 5.13. The number of likely N-dealkylation sites (tertiary alicyclic amines) is 1. The molecule has 2 aromatic rings. The van der Waals surface area contributed by atoms with Crippen molar-refractivity contribution < 1.29 is 0 Å². The highest BCUT2D eigenvalue weighted by Crippen LogP contribution is 2.26. The van der Waals surface area contributed by atoms with E-state index in [-0.39, 0.29) is 0 Å². The number of nitrogens with two attached hydrogens (primary N) is 1. The van der Waals surface area contributed by atoms with Crippen LogP contribution in [0.5, 0.6) is 0 Å². The molecule has 1 unspecified atom stereocenters. The lowest BCUT2D eigenvalue weighted by Crippen LogP contribution is -2.27. The van der Waals surface area contributed by atoms with Crippen molar-refractivity contribution in [2.24, 2.45) is 0 Å². The van der Waals surface area contributed by atoms with Gasteiger partial charge in [-0.05, 0) is 51.1 Å². The van der Waals surface area contributed by atoms with Gasteiger partial charge in [0.25, 0.3) is 0 Å². The fraction of sp³-hybridized carbons (Fsp3) is 0.500. The first-order chi connectivity index (χ1) is 9.15. The average Bonchev–Trinajstić information content (AvgIpc) is 2.95. The molecule has 0 bridgehead atoms. The number of rotatable bonds is 3. The van der Waals surface area contributed by atoms with Crippen molar-refractivity contribution in [3.05, 3.63) is 22.7 Å². The van der Waals surface area contributed by atoms with Gasteiger partial charge in [-0.2, -0.15) is 0 Å². The number of hydrogen-bond donors (Lipinski definition) is 1. The van der Waals surface area contributed by atoms with Crippen molar-refractivity contribution in [3.8, 4) is 0 Å². The summed E-state index contributed by atoms with van der Waals surface area (Å²) in [4.78, 5) is 6.96. The van der Waals surface area contributed by atoms with Crippen LogP contribution in [0.15, 0.2) is 22.7 Å². The maximum absolute atomic E-state index is 6.10. The lowest BCUT2D eigenvalue weighted by Gasteiger charge is -2.22. The molecule has 1 aromatic heterocycles. The highest BCUT2D eigenvalue weighted by Gasteiger charge is 2.19. The molecule has 2 heterocycles. The van der Waals surface area contributed by atoms with E-state index in [2.05, 4.69) is 43.4 Å². The van der Waals surface area contributed by atoms with Crippen LogP contribution in [0.2, 0.25) is 0 Å². The zero-order chi connectivity index (χ0) is 13.4. The van der Waals surface area contributed by atoms with Crippen molar-refractivity contribution in [2.75, 3.05) is 25.4 Å². The highest BCUT2D eigenvalue weighted by molar-refractivity contribution is 9.10. The van der Waals surface area contributed by atoms with Gasteiger partial charge in [0.1, 0.15) is 0 Å². The number of nitrogens with zero attached hydrogens (tertiary/aromatic N) is 3. The molecule has 0 amide bonds.